The summed E-state index contributed by atoms with van der Waals surface area (Å²) in [5.74, 6) is 1.84. The van der Waals surface area contributed by atoms with Crippen LogP contribution < -0.4 is 14.8 Å². The Kier molecular flexibility index (Phi) is 12.6. The van der Waals surface area contributed by atoms with E-state index in [4.69, 9.17) is 9.47 Å². The van der Waals surface area contributed by atoms with Crippen molar-refractivity contribution in [2.75, 3.05) is 27.2 Å². The first-order chi connectivity index (χ1) is 18.1. The van der Waals surface area contributed by atoms with Crippen LogP contribution in [0.25, 0.3) is 0 Å². The average molecular weight is 503 g/mol. The quantitative estimate of drug-likeness (QED) is 0.221. The molecule has 0 unspecified atom stereocenters. The minimum absolute atomic E-state index is 0.113. The third kappa shape index (κ3) is 11.1. The number of likely N-dealkylation sites (N-methyl/N-ethyl adjacent to an activating group) is 1. The van der Waals surface area contributed by atoms with E-state index >= 15 is 0 Å². The Bertz CT molecular complexity index is 1010. The fourth-order valence-corrected chi connectivity index (χ4v) is 4.17. The zero-order valence-corrected chi connectivity index (χ0v) is 22.4. The van der Waals surface area contributed by atoms with E-state index in [1.807, 2.05) is 79.7 Å². The van der Waals surface area contributed by atoms with Crippen LogP contribution in [0.5, 0.6) is 11.5 Å². The van der Waals surface area contributed by atoms with Gasteiger partial charge in [-0.1, -0.05) is 86.3 Å². The number of unbranched alkanes of at least 4 members (excludes halogenated alkanes) is 5. The summed E-state index contributed by atoms with van der Waals surface area (Å²) in [6, 6.07) is 28.1. The van der Waals surface area contributed by atoms with Gasteiger partial charge in [0.05, 0.1) is 12.6 Å². The van der Waals surface area contributed by atoms with Gasteiger partial charge in [0.15, 0.2) is 0 Å². The first kappa shape index (κ1) is 28.3. The van der Waals surface area contributed by atoms with Crippen molar-refractivity contribution in [3.8, 4) is 11.5 Å². The molecule has 3 aromatic carbocycles. The minimum Gasteiger partial charge on any atom is -0.494 e. The molecular weight excluding hydrogens is 460 g/mol. The smallest absolute Gasteiger partial charge is 0.237 e. The van der Waals surface area contributed by atoms with Crippen molar-refractivity contribution in [3.05, 3.63) is 96.1 Å². The van der Waals surface area contributed by atoms with E-state index in [0.717, 1.165) is 62.3 Å². The molecule has 0 bridgehead atoms. The summed E-state index contributed by atoms with van der Waals surface area (Å²) in [7, 11) is 3.93. The highest BCUT2D eigenvalue weighted by atomic mass is 16.5. The number of hydrogen-bond acceptors (Lipinski definition) is 4. The summed E-state index contributed by atoms with van der Waals surface area (Å²) >= 11 is 0. The second-order valence-corrected chi connectivity index (χ2v) is 9.68. The van der Waals surface area contributed by atoms with E-state index in [1.165, 1.54) is 18.4 Å². The van der Waals surface area contributed by atoms with Crippen LogP contribution in [-0.2, 0) is 17.8 Å². The molecule has 1 N–H and O–H groups in total. The molecule has 1 atom stereocenters. The highest BCUT2D eigenvalue weighted by molar-refractivity contribution is 5.82. The molecule has 0 saturated heterocycles. The standard InChI is InChI=1S/C32H42N2O3/c1-34(2)31(25-27-15-9-7-10-16-27)32(35)33-23-13-5-3-4-6-14-24-36-29-19-21-30(22-20-29)37-26-28-17-11-8-12-18-28/h7-12,15-22,31H,3-6,13-14,23-26H2,1-2H3,(H,33,35)/t31-/m0/s1. The molecule has 5 heteroatoms. The van der Waals surface area contributed by atoms with Gasteiger partial charge in [-0.25, -0.2) is 0 Å². The lowest BCUT2D eigenvalue weighted by molar-refractivity contribution is -0.125. The zero-order chi connectivity index (χ0) is 26.1. The second kappa shape index (κ2) is 16.4. The SMILES string of the molecule is CN(C)[C@@H](Cc1ccccc1)C(=O)NCCCCCCCCOc1ccc(OCc2ccccc2)cc1. The van der Waals surface area contributed by atoms with Crippen molar-refractivity contribution in [2.24, 2.45) is 0 Å². The maximum absolute atomic E-state index is 12.6. The van der Waals surface area contributed by atoms with Crippen LogP contribution >= 0.6 is 0 Å². The van der Waals surface area contributed by atoms with Gasteiger partial charge >= 0.3 is 0 Å². The summed E-state index contributed by atoms with van der Waals surface area (Å²) < 4.78 is 11.7. The molecule has 0 fully saturated rings. The monoisotopic (exact) mass is 502 g/mol. The van der Waals surface area contributed by atoms with Gasteiger partial charge in [-0.3, -0.25) is 9.69 Å². The van der Waals surface area contributed by atoms with E-state index in [-0.39, 0.29) is 11.9 Å². The number of carbonyl (C=O) groups excluding carboxylic acids is 1. The lowest BCUT2D eigenvalue weighted by Gasteiger charge is -2.23. The largest absolute Gasteiger partial charge is 0.494 e. The first-order valence-electron chi connectivity index (χ1n) is 13.5. The van der Waals surface area contributed by atoms with Gasteiger partial charge in [0.2, 0.25) is 5.91 Å². The molecule has 37 heavy (non-hydrogen) atoms. The summed E-state index contributed by atoms with van der Waals surface area (Å²) in [6.07, 6.45) is 7.47. The van der Waals surface area contributed by atoms with Crippen molar-refractivity contribution in [1.29, 1.82) is 0 Å². The molecule has 0 aliphatic rings. The fraction of sp³-hybridized carbons (Fsp3) is 0.406. The van der Waals surface area contributed by atoms with Crippen LogP contribution in [-0.4, -0.2) is 44.1 Å². The number of nitrogens with one attached hydrogen (secondary N) is 1. The molecule has 1 amide bonds. The van der Waals surface area contributed by atoms with Crippen molar-refractivity contribution in [3.63, 3.8) is 0 Å². The summed E-state index contributed by atoms with van der Waals surface area (Å²) in [4.78, 5) is 14.6. The Morgan fingerprint density at radius 3 is 1.86 bits per heavy atom. The number of benzene rings is 3. The van der Waals surface area contributed by atoms with Crippen LogP contribution in [0.1, 0.15) is 49.7 Å². The van der Waals surface area contributed by atoms with Crippen LogP contribution in [0.15, 0.2) is 84.9 Å². The Labute approximate surface area is 222 Å². The van der Waals surface area contributed by atoms with Gasteiger partial charge in [0.1, 0.15) is 18.1 Å². The van der Waals surface area contributed by atoms with Gasteiger partial charge in [0, 0.05) is 6.54 Å². The number of rotatable bonds is 17. The minimum atomic E-state index is -0.139. The Morgan fingerprint density at radius 1 is 0.703 bits per heavy atom. The average Bonchev–Trinajstić information content (AvgIpc) is 2.93. The molecule has 0 radical (unpaired) electrons. The van der Waals surface area contributed by atoms with Crippen LogP contribution in [0.4, 0.5) is 0 Å². The van der Waals surface area contributed by atoms with Crippen molar-refractivity contribution in [2.45, 2.75) is 57.6 Å². The molecule has 0 spiro atoms. The molecule has 3 aromatic rings. The summed E-state index contributed by atoms with van der Waals surface area (Å²) in [5.41, 5.74) is 2.34. The molecule has 0 saturated carbocycles. The number of nitrogens with zero attached hydrogens (tertiary/aromatic N) is 1. The first-order valence-corrected chi connectivity index (χ1v) is 13.5. The predicted molar refractivity (Wildman–Crippen MR) is 151 cm³/mol. The van der Waals surface area contributed by atoms with Crippen LogP contribution in [0.3, 0.4) is 0 Å². The van der Waals surface area contributed by atoms with Gasteiger partial charge < -0.3 is 14.8 Å². The van der Waals surface area contributed by atoms with E-state index in [9.17, 15) is 4.79 Å². The maximum atomic E-state index is 12.6. The second-order valence-electron chi connectivity index (χ2n) is 9.68. The van der Waals surface area contributed by atoms with Crippen LogP contribution in [0.2, 0.25) is 0 Å². The number of hydrogen-bond donors (Lipinski definition) is 1. The number of carbonyl (C=O) groups is 1. The molecule has 0 aliphatic carbocycles. The summed E-state index contributed by atoms with van der Waals surface area (Å²) in [5, 5.41) is 3.12. The predicted octanol–water partition coefficient (Wildman–Crippen LogP) is 6.27. The van der Waals surface area contributed by atoms with E-state index < -0.39 is 0 Å². The van der Waals surface area contributed by atoms with Crippen LogP contribution in [0, 0.1) is 0 Å². The Balaban J connectivity index is 1.18. The fourth-order valence-electron chi connectivity index (χ4n) is 4.17. The molecule has 0 aliphatic heterocycles. The molecular formula is C32H42N2O3. The highest BCUT2D eigenvalue weighted by Crippen LogP contribution is 2.19. The van der Waals surface area contributed by atoms with Gasteiger partial charge in [-0.05, 0) is 68.8 Å². The van der Waals surface area contributed by atoms with Crippen molar-refractivity contribution >= 4 is 5.91 Å². The highest BCUT2D eigenvalue weighted by Gasteiger charge is 2.20. The topological polar surface area (TPSA) is 50.8 Å². The molecule has 5 nitrogen and oxygen atoms in total. The van der Waals surface area contributed by atoms with Crippen molar-refractivity contribution in [1.82, 2.24) is 10.2 Å². The normalized spacial score (nSPS) is 11.8. The lowest BCUT2D eigenvalue weighted by Crippen LogP contribution is -2.45. The van der Waals surface area contributed by atoms with Gasteiger partial charge in [0.25, 0.3) is 0 Å². The maximum Gasteiger partial charge on any atom is 0.237 e. The Morgan fingerprint density at radius 2 is 1.24 bits per heavy atom. The Hall–Kier alpha value is -3.31. The molecule has 0 aromatic heterocycles. The molecule has 0 heterocycles. The lowest BCUT2D eigenvalue weighted by atomic mass is 10.0. The summed E-state index contributed by atoms with van der Waals surface area (Å²) in [6.45, 7) is 2.04. The third-order valence-corrected chi connectivity index (χ3v) is 6.41. The van der Waals surface area contributed by atoms with Gasteiger partial charge in [-0.15, -0.1) is 0 Å². The zero-order valence-electron chi connectivity index (χ0n) is 22.4. The van der Waals surface area contributed by atoms with E-state index in [2.05, 4.69) is 29.6 Å². The third-order valence-electron chi connectivity index (χ3n) is 6.41. The molecule has 198 valence electrons. The number of amides is 1. The number of ether oxygens (including phenoxy) is 2. The van der Waals surface area contributed by atoms with Crippen molar-refractivity contribution < 1.29 is 14.3 Å². The van der Waals surface area contributed by atoms with E-state index in [1.54, 1.807) is 0 Å². The van der Waals surface area contributed by atoms with E-state index in [0.29, 0.717) is 6.61 Å². The molecule has 3 rings (SSSR count). The van der Waals surface area contributed by atoms with Gasteiger partial charge in [-0.2, -0.15) is 0 Å².